The molecule has 4 aromatic rings. The first-order chi connectivity index (χ1) is 16.4. The van der Waals surface area contributed by atoms with Crippen molar-refractivity contribution in [3.8, 4) is 16.3 Å². The number of likely N-dealkylation sites (tertiary alicyclic amines) is 1. The molecule has 0 saturated carbocycles. The molecule has 1 aromatic carbocycles. The van der Waals surface area contributed by atoms with Gasteiger partial charge in [-0.05, 0) is 38.1 Å². The minimum absolute atomic E-state index is 0.0263. The molecule has 0 aliphatic carbocycles. The van der Waals surface area contributed by atoms with Crippen molar-refractivity contribution >= 4 is 39.5 Å². The third-order valence-electron chi connectivity index (χ3n) is 5.21. The maximum absolute atomic E-state index is 13.7. The van der Waals surface area contributed by atoms with Crippen LogP contribution in [0.2, 0.25) is 0 Å². The summed E-state index contributed by atoms with van der Waals surface area (Å²) in [5, 5.41) is 6.83. The zero-order valence-electron chi connectivity index (χ0n) is 18.2. The maximum Gasteiger partial charge on any atom is 0.255 e. The molecule has 1 fully saturated rings. The van der Waals surface area contributed by atoms with E-state index in [4.69, 9.17) is 4.74 Å². The summed E-state index contributed by atoms with van der Waals surface area (Å²) in [6.07, 6.45) is 1.16. The molecule has 1 aliphatic rings. The third kappa shape index (κ3) is 4.62. The van der Waals surface area contributed by atoms with Crippen LogP contribution in [0.4, 0.5) is 19.7 Å². The molecule has 0 spiro atoms. The summed E-state index contributed by atoms with van der Waals surface area (Å²) in [7, 11) is 0. The highest BCUT2D eigenvalue weighted by Crippen LogP contribution is 2.33. The maximum atomic E-state index is 13.7. The minimum Gasteiger partial charge on any atom is -0.484 e. The van der Waals surface area contributed by atoms with E-state index in [9.17, 15) is 13.6 Å². The summed E-state index contributed by atoms with van der Waals surface area (Å²) >= 11 is 3.08. The van der Waals surface area contributed by atoms with Crippen molar-refractivity contribution in [1.29, 1.82) is 0 Å². The first-order valence-corrected chi connectivity index (χ1v) is 12.1. The fourth-order valence-corrected chi connectivity index (χ4v) is 5.18. The summed E-state index contributed by atoms with van der Waals surface area (Å²) < 4.78 is 32.2. The molecular weight excluding hydrogens is 480 g/mol. The van der Waals surface area contributed by atoms with Gasteiger partial charge in [0.25, 0.3) is 5.91 Å². The zero-order chi connectivity index (χ0) is 23.8. The van der Waals surface area contributed by atoms with Gasteiger partial charge in [-0.1, -0.05) is 0 Å². The quantitative estimate of drug-likeness (QED) is 0.393. The lowest BCUT2D eigenvalue weighted by Gasteiger charge is -2.39. The third-order valence-corrected chi connectivity index (χ3v) is 7.06. The van der Waals surface area contributed by atoms with E-state index in [0.29, 0.717) is 29.6 Å². The van der Waals surface area contributed by atoms with Crippen LogP contribution in [0, 0.1) is 25.5 Å². The van der Waals surface area contributed by atoms with Crippen LogP contribution in [0.5, 0.6) is 5.75 Å². The fourth-order valence-electron chi connectivity index (χ4n) is 3.52. The molecule has 1 N–H and O–H groups in total. The van der Waals surface area contributed by atoms with Crippen LogP contribution in [0.25, 0.3) is 10.6 Å². The Hall–Kier alpha value is -3.44. The Kier molecular flexibility index (Phi) is 5.96. The van der Waals surface area contributed by atoms with Gasteiger partial charge in [-0.15, -0.1) is 22.7 Å². The average molecular weight is 500 g/mol. The lowest BCUT2D eigenvalue weighted by atomic mass is 10.1. The first-order valence-electron chi connectivity index (χ1n) is 10.4. The lowest BCUT2D eigenvalue weighted by Crippen LogP contribution is -2.56. The smallest absolute Gasteiger partial charge is 0.255 e. The highest BCUT2D eigenvalue weighted by molar-refractivity contribution is 7.16. The van der Waals surface area contributed by atoms with Crippen molar-refractivity contribution in [2.45, 2.75) is 20.0 Å². The van der Waals surface area contributed by atoms with Crippen LogP contribution in [0.15, 0.2) is 41.9 Å². The molecule has 0 atom stereocenters. The van der Waals surface area contributed by atoms with E-state index < -0.39 is 11.6 Å². The number of anilines is 2. The Balaban J connectivity index is 1.16. The van der Waals surface area contributed by atoms with Gasteiger partial charge in [-0.3, -0.25) is 4.79 Å². The van der Waals surface area contributed by atoms with Crippen molar-refractivity contribution in [2.75, 3.05) is 18.4 Å². The highest BCUT2D eigenvalue weighted by atomic mass is 32.1. The number of ether oxygens (including phenoxy) is 1. The molecule has 0 bridgehead atoms. The van der Waals surface area contributed by atoms with Crippen molar-refractivity contribution < 1.29 is 18.3 Å². The normalized spacial score (nSPS) is 13.6. The van der Waals surface area contributed by atoms with Crippen LogP contribution in [0.3, 0.4) is 0 Å². The molecule has 5 rings (SSSR count). The van der Waals surface area contributed by atoms with E-state index in [1.165, 1.54) is 23.6 Å². The van der Waals surface area contributed by atoms with Crippen molar-refractivity contribution in [3.05, 3.63) is 69.8 Å². The van der Waals surface area contributed by atoms with Gasteiger partial charge in [0, 0.05) is 17.6 Å². The number of nitrogens with one attached hydrogen (secondary N) is 1. The number of pyridine rings is 1. The van der Waals surface area contributed by atoms with Crippen LogP contribution in [0.1, 0.15) is 21.1 Å². The second-order valence-electron chi connectivity index (χ2n) is 7.77. The number of amides is 1. The van der Waals surface area contributed by atoms with Gasteiger partial charge >= 0.3 is 0 Å². The molecule has 1 amide bonds. The molecule has 174 valence electrons. The van der Waals surface area contributed by atoms with E-state index in [1.54, 1.807) is 28.4 Å². The predicted molar refractivity (Wildman–Crippen MR) is 127 cm³/mol. The minimum atomic E-state index is -0.762. The second-order valence-corrected chi connectivity index (χ2v) is 9.83. The monoisotopic (exact) mass is 499 g/mol. The number of aryl methyl sites for hydroxylation is 2. The zero-order valence-corrected chi connectivity index (χ0v) is 19.8. The van der Waals surface area contributed by atoms with Gasteiger partial charge in [0.05, 0.1) is 39.9 Å². The number of aromatic nitrogens is 3. The molecule has 7 nitrogen and oxygen atoms in total. The SMILES string of the molecule is Cc1nc(C)c(-c2csc(Nc3ccc(C(=O)N4CC(Oc5ccc(F)cc5F)C4)cn3)n2)s1. The number of rotatable bonds is 6. The lowest BCUT2D eigenvalue weighted by molar-refractivity contribution is 0.0163. The number of nitrogens with zero attached hydrogens (tertiary/aromatic N) is 4. The Morgan fingerprint density at radius 3 is 2.68 bits per heavy atom. The first kappa shape index (κ1) is 22.4. The number of carbonyl (C=O) groups excluding carboxylic acids is 1. The van der Waals surface area contributed by atoms with E-state index in [0.717, 1.165) is 33.4 Å². The van der Waals surface area contributed by atoms with Crippen LogP contribution in [-0.2, 0) is 0 Å². The van der Waals surface area contributed by atoms with Crippen molar-refractivity contribution in [1.82, 2.24) is 19.9 Å². The topological polar surface area (TPSA) is 80.2 Å². The van der Waals surface area contributed by atoms with E-state index >= 15 is 0 Å². The number of hydrogen-bond acceptors (Lipinski definition) is 8. The summed E-state index contributed by atoms with van der Waals surface area (Å²) in [5.74, 6) is -1.07. The molecular formula is C23H19F2N5O2S2. The average Bonchev–Trinajstić information content (AvgIpc) is 3.37. The van der Waals surface area contributed by atoms with Crippen LogP contribution >= 0.6 is 22.7 Å². The molecule has 34 heavy (non-hydrogen) atoms. The van der Waals surface area contributed by atoms with E-state index in [-0.39, 0.29) is 17.8 Å². The van der Waals surface area contributed by atoms with Crippen LogP contribution in [-0.4, -0.2) is 45.0 Å². The highest BCUT2D eigenvalue weighted by Gasteiger charge is 2.33. The fraction of sp³-hybridized carbons (Fsp3) is 0.217. The van der Waals surface area contributed by atoms with Crippen molar-refractivity contribution in [2.24, 2.45) is 0 Å². The Morgan fingerprint density at radius 1 is 1.18 bits per heavy atom. The number of halogens is 2. The number of hydrogen-bond donors (Lipinski definition) is 1. The number of benzene rings is 1. The summed E-state index contributed by atoms with van der Waals surface area (Å²) in [5.41, 5.74) is 2.27. The molecule has 0 radical (unpaired) electrons. The largest absolute Gasteiger partial charge is 0.484 e. The van der Waals surface area contributed by atoms with Gasteiger partial charge in [0.2, 0.25) is 0 Å². The predicted octanol–water partition coefficient (Wildman–Crippen LogP) is 5.20. The van der Waals surface area contributed by atoms with Gasteiger partial charge in [0.1, 0.15) is 17.7 Å². The van der Waals surface area contributed by atoms with Gasteiger partial charge in [-0.25, -0.2) is 23.7 Å². The molecule has 0 unspecified atom stereocenters. The second kappa shape index (κ2) is 9.07. The Bertz CT molecular complexity index is 1350. The Labute approximate surface area is 202 Å². The van der Waals surface area contributed by atoms with Gasteiger partial charge in [0.15, 0.2) is 16.7 Å². The van der Waals surface area contributed by atoms with Gasteiger partial charge < -0.3 is 15.0 Å². The molecule has 1 aliphatic heterocycles. The van der Waals surface area contributed by atoms with Crippen molar-refractivity contribution in [3.63, 3.8) is 0 Å². The van der Waals surface area contributed by atoms with E-state index in [1.807, 2.05) is 19.2 Å². The van der Waals surface area contributed by atoms with Gasteiger partial charge in [-0.2, -0.15) is 0 Å². The standard InChI is InChI=1S/C23H19F2N5O2S2/c1-12-21(34-13(2)27-12)18-11-33-23(28-18)29-20-6-3-14(8-26-20)22(31)30-9-16(10-30)32-19-5-4-15(24)7-17(19)25/h3-8,11,16H,9-10H2,1-2H3,(H,26,28,29). The van der Waals surface area contributed by atoms with E-state index in [2.05, 4.69) is 20.3 Å². The number of thiazole rings is 2. The molecule has 11 heteroatoms. The number of carbonyl (C=O) groups is 1. The summed E-state index contributed by atoms with van der Waals surface area (Å²) in [6.45, 7) is 4.57. The molecule has 1 saturated heterocycles. The summed E-state index contributed by atoms with van der Waals surface area (Å²) in [6, 6.07) is 6.56. The summed E-state index contributed by atoms with van der Waals surface area (Å²) in [4.78, 5) is 28.7. The molecule has 4 heterocycles. The Morgan fingerprint density at radius 2 is 2.00 bits per heavy atom. The molecule has 3 aromatic heterocycles. The van der Waals surface area contributed by atoms with Crippen LogP contribution < -0.4 is 10.1 Å².